The van der Waals surface area contributed by atoms with Gasteiger partial charge in [-0.25, -0.2) is 0 Å². The maximum Gasteiger partial charge on any atom is 0.260 e. The van der Waals surface area contributed by atoms with Gasteiger partial charge in [-0.15, -0.1) is 0 Å². The summed E-state index contributed by atoms with van der Waals surface area (Å²) in [5.74, 6) is 1.66. The Labute approximate surface area is 155 Å². The Morgan fingerprint density at radius 2 is 1.46 bits per heavy atom. The number of benzene rings is 2. The molecular weight excluding hydrogens is 328 g/mol. The molecule has 3 rings (SSSR count). The number of hydrogen-bond acceptors (Lipinski definition) is 4. The lowest BCUT2D eigenvalue weighted by molar-refractivity contribution is -0.133. The van der Waals surface area contributed by atoms with Crippen LogP contribution in [0.4, 0.5) is 5.69 Å². The van der Waals surface area contributed by atoms with Crippen LogP contribution < -0.4 is 14.4 Å². The standard InChI is InChI=1S/C21H26N2O3/c1-3-25-19-10-6-18(7-11-19)22-12-14-23(15-13-22)21(24)16-26-20-8-4-17(2)5-9-20/h4-11H,3,12-16H2,1-2H3. The lowest BCUT2D eigenvalue weighted by atomic mass is 10.2. The highest BCUT2D eigenvalue weighted by Gasteiger charge is 2.21. The van der Waals surface area contributed by atoms with Gasteiger partial charge in [0.05, 0.1) is 6.61 Å². The second-order valence-electron chi connectivity index (χ2n) is 6.40. The molecule has 0 unspecified atom stereocenters. The molecule has 5 nitrogen and oxygen atoms in total. The van der Waals surface area contributed by atoms with Gasteiger partial charge in [-0.05, 0) is 50.2 Å². The zero-order valence-electron chi connectivity index (χ0n) is 15.5. The molecule has 1 heterocycles. The van der Waals surface area contributed by atoms with Crippen molar-refractivity contribution in [2.45, 2.75) is 13.8 Å². The zero-order valence-corrected chi connectivity index (χ0v) is 15.5. The van der Waals surface area contributed by atoms with Crippen LogP contribution in [0.25, 0.3) is 0 Å². The van der Waals surface area contributed by atoms with E-state index in [0.29, 0.717) is 19.7 Å². The average molecular weight is 354 g/mol. The van der Waals surface area contributed by atoms with E-state index in [-0.39, 0.29) is 12.5 Å². The van der Waals surface area contributed by atoms with E-state index in [9.17, 15) is 4.79 Å². The Hall–Kier alpha value is -2.69. The highest BCUT2D eigenvalue weighted by atomic mass is 16.5. The third kappa shape index (κ3) is 4.69. The first-order valence-corrected chi connectivity index (χ1v) is 9.11. The molecule has 0 spiro atoms. The second-order valence-corrected chi connectivity index (χ2v) is 6.40. The molecule has 2 aromatic rings. The van der Waals surface area contributed by atoms with Crippen LogP contribution >= 0.6 is 0 Å². The number of nitrogens with zero attached hydrogens (tertiary/aromatic N) is 2. The fraction of sp³-hybridized carbons (Fsp3) is 0.381. The van der Waals surface area contributed by atoms with E-state index in [2.05, 4.69) is 17.0 Å². The highest BCUT2D eigenvalue weighted by Crippen LogP contribution is 2.21. The Kier molecular flexibility index (Phi) is 6.00. The molecule has 0 aliphatic carbocycles. The molecule has 1 fully saturated rings. The fourth-order valence-electron chi connectivity index (χ4n) is 3.00. The normalized spacial score (nSPS) is 14.2. The molecule has 1 aliphatic heterocycles. The van der Waals surface area contributed by atoms with Crippen molar-refractivity contribution in [3.63, 3.8) is 0 Å². The van der Waals surface area contributed by atoms with Crippen LogP contribution in [0.3, 0.4) is 0 Å². The minimum atomic E-state index is 0.0388. The van der Waals surface area contributed by atoms with Gasteiger partial charge in [-0.1, -0.05) is 17.7 Å². The van der Waals surface area contributed by atoms with E-state index >= 15 is 0 Å². The lowest BCUT2D eigenvalue weighted by Crippen LogP contribution is -2.50. The predicted molar refractivity (Wildman–Crippen MR) is 103 cm³/mol. The predicted octanol–water partition coefficient (Wildman–Crippen LogP) is 3.12. The quantitative estimate of drug-likeness (QED) is 0.799. The van der Waals surface area contributed by atoms with Crippen molar-refractivity contribution in [3.05, 3.63) is 54.1 Å². The van der Waals surface area contributed by atoms with Gasteiger partial charge in [0.1, 0.15) is 11.5 Å². The summed E-state index contributed by atoms with van der Waals surface area (Å²) in [6, 6.07) is 15.9. The van der Waals surface area contributed by atoms with Gasteiger partial charge in [-0.3, -0.25) is 4.79 Å². The van der Waals surface area contributed by atoms with E-state index in [1.807, 2.05) is 55.1 Å². The number of hydrogen-bond donors (Lipinski definition) is 0. The molecule has 0 aromatic heterocycles. The molecule has 0 N–H and O–H groups in total. The number of carbonyl (C=O) groups is 1. The molecule has 5 heteroatoms. The Morgan fingerprint density at radius 1 is 0.885 bits per heavy atom. The average Bonchev–Trinajstić information content (AvgIpc) is 2.68. The smallest absolute Gasteiger partial charge is 0.260 e. The molecule has 1 aliphatic rings. The molecule has 2 aromatic carbocycles. The number of ether oxygens (including phenoxy) is 2. The minimum Gasteiger partial charge on any atom is -0.494 e. The van der Waals surface area contributed by atoms with Crippen LogP contribution in [0.1, 0.15) is 12.5 Å². The van der Waals surface area contributed by atoms with Gasteiger partial charge in [0, 0.05) is 31.9 Å². The van der Waals surface area contributed by atoms with Crippen molar-refractivity contribution in [2.24, 2.45) is 0 Å². The number of amides is 1. The summed E-state index contributed by atoms with van der Waals surface area (Å²) in [5, 5.41) is 0. The number of carbonyl (C=O) groups excluding carboxylic acids is 1. The Balaban J connectivity index is 1.46. The molecule has 1 saturated heterocycles. The van der Waals surface area contributed by atoms with Crippen LogP contribution in [0, 0.1) is 6.92 Å². The fourth-order valence-corrected chi connectivity index (χ4v) is 3.00. The van der Waals surface area contributed by atoms with Crippen molar-refractivity contribution in [2.75, 3.05) is 44.3 Å². The van der Waals surface area contributed by atoms with E-state index in [1.165, 1.54) is 5.56 Å². The third-order valence-corrected chi connectivity index (χ3v) is 4.53. The van der Waals surface area contributed by atoms with E-state index in [0.717, 1.165) is 30.3 Å². The lowest BCUT2D eigenvalue weighted by Gasteiger charge is -2.36. The van der Waals surface area contributed by atoms with E-state index < -0.39 is 0 Å². The molecule has 0 atom stereocenters. The molecular formula is C21H26N2O3. The Morgan fingerprint density at radius 3 is 2.08 bits per heavy atom. The summed E-state index contributed by atoms with van der Waals surface area (Å²) >= 11 is 0. The molecule has 0 bridgehead atoms. The second kappa shape index (κ2) is 8.61. The van der Waals surface area contributed by atoms with Crippen molar-refractivity contribution >= 4 is 11.6 Å². The summed E-state index contributed by atoms with van der Waals surface area (Å²) in [4.78, 5) is 16.5. The molecule has 0 radical (unpaired) electrons. The molecule has 1 amide bonds. The summed E-state index contributed by atoms with van der Waals surface area (Å²) in [6.07, 6.45) is 0. The van der Waals surface area contributed by atoms with Gasteiger partial charge >= 0.3 is 0 Å². The maximum atomic E-state index is 12.4. The number of rotatable bonds is 6. The molecule has 26 heavy (non-hydrogen) atoms. The van der Waals surface area contributed by atoms with Crippen LogP contribution in [-0.4, -0.2) is 50.2 Å². The van der Waals surface area contributed by atoms with Gasteiger partial charge < -0.3 is 19.3 Å². The minimum absolute atomic E-state index is 0.0388. The maximum absolute atomic E-state index is 12.4. The molecule has 138 valence electrons. The topological polar surface area (TPSA) is 42.0 Å². The Bertz CT molecular complexity index is 705. The van der Waals surface area contributed by atoms with Gasteiger partial charge in [-0.2, -0.15) is 0 Å². The van der Waals surface area contributed by atoms with Gasteiger partial charge in [0.25, 0.3) is 5.91 Å². The van der Waals surface area contributed by atoms with Crippen LogP contribution in [0.15, 0.2) is 48.5 Å². The number of aryl methyl sites for hydroxylation is 1. The zero-order chi connectivity index (χ0) is 18.4. The summed E-state index contributed by atoms with van der Waals surface area (Å²) in [7, 11) is 0. The van der Waals surface area contributed by atoms with E-state index in [1.54, 1.807) is 0 Å². The summed E-state index contributed by atoms with van der Waals surface area (Å²) < 4.78 is 11.1. The van der Waals surface area contributed by atoms with Crippen molar-refractivity contribution < 1.29 is 14.3 Å². The molecule has 0 saturated carbocycles. The van der Waals surface area contributed by atoms with Crippen molar-refractivity contribution in [3.8, 4) is 11.5 Å². The number of anilines is 1. The third-order valence-electron chi connectivity index (χ3n) is 4.53. The first-order chi connectivity index (χ1) is 12.7. The van der Waals surface area contributed by atoms with Crippen LogP contribution in [0.5, 0.6) is 11.5 Å². The SMILES string of the molecule is CCOc1ccc(N2CCN(C(=O)COc3ccc(C)cc3)CC2)cc1. The largest absolute Gasteiger partial charge is 0.494 e. The first-order valence-electron chi connectivity index (χ1n) is 9.11. The first kappa shape index (κ1) is 18.1. The van der Waals surface area contributed by atoms with Gasteiger partial charge in [0.2, 0.25) is 0 Å². The van der Waals surface area contributed by atoms with Crippen LogP contribution in [0.2, 0.25) is 0 Å². The van der Waals surface area contributed by atoms with Crippen LogP contribution in [-0.2, 0) is 4.79 Å². The summed E-state index contributed by atoms with van der Waals surface area (Å²) in [6.45, 7) is 7.84. The van der Waals surface area contributed by atoms with Gasteiger partial charge in [0.15, 0.2) is 6.61 Å². The van der Waals surface area contributed by atoms with Crippen molar-refractivity contribution in [1.29, 1.82) is 0 Å². The van der Waals surface area contributed by atoms with Crippen molar-refractivity contribution in [1.82, 2.24) is 4.90 Å². The highest BCUT2D eigenvalue weighted by molar-refractivity contribution is 5.78. The monoisotopic (exact) mass is 354 g/mol. The van der Waals surface area contributed by atoms with E-state index in [4.69, 9.17) is 9.47 Å². The summed E-state index contributed by atoms with van der Waals surface area (Å²) in [5.41, 5.74) is 2.34. The number of piperazine rings is 1.